The maximum Gasteiger partial charge on any atom is 0.319 e. The van der Waals surface area contributed by atoms with Gasteiger partial charge in [0.25, 0.3) is 0 Å². The molecule has 0 bridgehead atoms. The van der Waals surface area contributed by atoms with Gasteiger partial charge in [0.2, 0.25) is 11.8 Å². The zero-order valence-electron chi connectivity index (χ0n) is 10.6. The summed E-state index contributed by atoms with van der Waals surface area (Å²) in [5, 5.41) is 11.6. The van der Waals surface area contributed by atoms with Crippen LogP contribution in [0.15, 0.2) is 18.2 Å². The maximum absolute atomic E-state index is 11.7. The lowest BCUT2D eigenvalue weighted by atomic mass is 9.84. The van der Waals surface area contributed by atoms with E-state index in [4.69, 9.17) is 4.74 Å². The molecular weight excluding hydrogens is 236 g/mol. The lowest BCUT2D eigenvalue weighted by molar-refractivity contribution is -0.154. The highest BCUT2D eigenvalue weighted by Crippen LogP contribution is 2.23. The zero-order chi connectivity index (χ0) is 13.8. The molecule has 0 aliphatic rings. The Morgan fingerprint density at radius 3 is 2.67 bits per heavy atom. The second kappa shape index (κ2) is 5.48. The van der Waals surface area contributed by atoms with Gasteiger partial charge in [0, 0.05) is 25.2 Å². The highest BCUT2D eigenvalue weighted by atomic mass is 16.5. The fraction of sp³-hybridized carbons (Fsp3) is 0.417. The van der Waals surface area contributed by atoms with Crippen LogP contribution >= 0.6 is 0 Å². The molecule has 1 amide bonds. The van der Waals surface area contributed by atoms with Crippen molar-refractivity contribution < 1.29 is 19.4 Å². The van der Waals surface area contributed by atoms with Crippen molar-refractivity contribution in [2.24, 2.45) is 5.41 Å². The number of methoxy groups -OCH3 is 1. The van der Waals surface area contributed by atoms with Gasteiger partial charge >= 0.3 is 5.97 Å². The van der Waals surface area contributed by atoms with Crippen molar-refractivity contribution in [2.45, 2.75) is 13.3 Å². The van der Waals surface area contributed by atoms with Crippen LogP contribution in [0.5, 0.6) is 5.88 Å². The molecule has 98 valence electrons. The Balaban J connectivity index is 3.03. The molecule has 1 atom stereocenters. The molecule has 1 aromatic heterocycles. The highest BCUT2D eigenvalue weighted by molar-refractivity contribution is 6.01. The average Bonchev–Trinajstić information content (AvgIpc) is 2.37. The Morgan fingerprint density at radius 1 is 1.50 bits per heavy atom. The molecule has 18 heavy (non-hydrogen) atoms. The lowest BCUT2D eigenvalue weighted by Gasteiger charge is -2.22. The quantitative estimate of drug-likeness (QED) is 0.744. The second-order valence-electron chi connectivity index (χ2n) is 4.06. The van der Waals surface area contributed by atoms with Crippen LogP contribution in [-0.2, 0) is 16.0 Å². The van der Waals surface area contributed by atoms with Gasteiger partial charge in [-0.25, -0.2) is 4.98 Å². The van der Waals surface area contributed by atoms with Gasteiger partial charge < -0.3 is 15.2 Å². The van der Waals surface area contributed by atoms with Crippen LogP contribution in [-0.4, -0.2) is 36.1 Å². The van der Waals surface area contributed by atoms with Crippen LogP contribution in [0, 0.1) is 5.41 Å². The SMILES string of the molecule is CNC(=O)C(C)(Cc1cccc(OC)n1)C(=O)O. The van der Waals surface area contributed by atoms with E-state index in [1.807, 2.05) is 0 Å². The average molecular weight is 252 g/mol. The van der Waals surface area contributed by atoms with Gasteiger partial charge in [0.05, 0.1) is 7.11 Å². The maximum atomic E-state index is 11.7. The van der Waals surface area contributed by atoms with Gasteiger partial charge in [-0.3, -0.25) is 9.59 Å². The molecule has 1 aromatic rings. The van der Waals surface area contributed by atoms with Crippen LogP contribution in [0.1, 0.15) is 12.6 Å². The number of rotatable bonds is 5. The predicted octanol–water partition coefficient (Wildman–Crippen LogP) is 0.470. The fourth-order valence-corrected chi connectivity index (χ4v) is 1.56. The summed E-state index contributed by atoms with van der Waals surface area (Å²) in [7, 11) is 2.88. The number of hydrogen-bond donors (Lipinski definition) is 2. The molecule has 0 aliphatic carbocycles. The minimum absolute atomic E-state index is 0.000787. The van der Waals surface area contributed by atoms with E-state index < -0.39 is 17.3 Å². The van der Waals surface area contributed by atoms with Crippen LogP contribution < -0.4 is 10.1 Å². The second-order valence-corrected chi connectivity index (χ2v) is 4.06. The number of carboxylic acids is 1. The van der Waals surface area contributed by atoms with Crippen molar-refractivity contribution in [1.82, 2.24) is 10.3 Å². The van der Waals surface area contributed by atoms with Crippen LogP contribution in [0.3, 0.4) is 0 Å². The third kappa shape index (κ3) is 2.77. The van der Waals surface area contributed by atoms with E-state index in [2.05, 4.69) is 10.3 Å². The predicted molar refractivity (Wildman–Crippen MR) is 64.3 cm³/mol. The molecule has 2 N–H and O–H groups in total. The molecule has 0 saturated carbocycles. The van der Waals surface area contributed by atoms with E-state index in [0.29, 0.717) is 11.6 Å². The third-order valence-electron chi connectivity index (χ3n) is 2.73. The fourth-order valence-electron chi connectivity index (χ4n) is 1.56. The molecule has 0 radical (unpaired) electrons. The van der Waals surface area contributed by atoms with Crippen LogP contribution in [0.25, 0.3) is 0 Å². The Morgan fingerprint density at radius 2 is 2.17 bits per heavy atom. The monoisotopic (exact) mass is 252 g/mol. The van der Waals surface area contributed by atoms with E-state index >= 15 is 0 Å². The van der Waals surface area contributed by atoms with Gasteiger partial charge in [-0.15, -0.1) is 0 Å². The summed E-state index contributed by atoms with van der Waals surface area (Å²) >= 11 is 0. The molecule has 0 spiro atoms. The van der Waals surface area contributed by atoms with Crippen molar-refractivity contribution in [2.75, 3.05) is 14.2 Å². The van der Waals surface area contributed by atoms with Crippen molar-refractivity contribution in [3.63, 3.8) is 0 Å². The standard InChI is InChI=1S/C12H16N2O4/c1-12(11(16)17,10(15)13-2)7-8-5-4-6-9(14-8)18-3/h4-6H,7H2,1-3H3,(H,13,15)(H,16,17). The number of pyridine rings is 1. The first-order chi connectivity index (χ1) is 8.43. The summed E-state index contributed by atoms with van der Waals surface area (Å²) in [6.07, 6.45) is -0.000787. The first-order valence-corrected chi connectivity index (χ1v) is 5.39. The Hall–Kier alpha value is -2.11. The van der Waals surface area contributed by atoms with Gasteiger partial charge in [0.1, 0.15) is 5.41 Å². The smallest absolute Gasteiger partial charge is 0.319 e. The van der Waals surface area contributed by atoms with E-state index in [-0.39, 0.29) is 6.42 Å². The number of hydrogen-bond acceptors (Lipinski definition) is 4. The summed E-state index contributed by atoms with van der Waals surface area (Å²) in [5.41, 5.74) is -1.06. The molecule has 6 heteroatoms. The first kappa shape index (κ1) is 14.0. The molecule has 0 fully saturated rings. The molecule has 0 saturated heterocycles. The normalized spacial score (nSPS) is 13.5. The largest absolute Gasteiger partial charge is 0.481 e. The highest BCUT2D eigenvalue weighted by Gasteiger charge is 2.41. The summed E-state index contributed by atoms with van der Waals surface area (Å²) < 4.78 is 4.96. The number of aliphatic carboxylic acids is 1. The Bertz CT molecular complexity index is 461. The molecule has 1 rings (SSSR count). The molecule has 6 nitrogen and oxygen atoms in total. The number of nitrogens with zero attached hydrogens (tertiary/aromatic N) is 1. The minimum atomic E-state index is -1.55. The van der Waals surface area contributed by atoms with Crippen molar-refractivity contribution in [1.29, 1.82) is 0 Å². The summed E-state index contributed by atoms with van der Waals surface area (Å²) in [6.45, 7) is 1.37. The van der Waals surface area contributed by atoms with Gasteiger partial charge in [-0.1, -0.05) is 6.07 Å². The summed E-state index contributed by atoms with van der Waals surface area (Å²) in [6, 6.07) is 5.02. The van der Waals surface area contributed by atoms with E-state index in [1.165, 1.54) is 21.1 Å². The van der Waals surface area contributed by atoms with E-state index in [1.54, 1.807) is 18.2 Å². The van der Waals surface area contributed by atoms with Crippen molar-refractivity contribution in [3.8, 4) is 5.88 Å². The van der Waals surface area contributed by atoms with E-state index in [9.17, 15) is 14.7 Å². The van der Waals surface area contributed by atoms with Gasteiger partial charge in [0.15, 0.2) is 0 Å². The number of nitrogens with one attached hydrogen (secondary N) is 1. The molecule has 1 unspecified atom stereocenters. The number of ether oxygens (including phenoxy) is 1. The number of aromatic nitrogens is 1. The number of carbonyl (C=O) groups excluding carboxylic acids is 1. The summed E-state index contributed by atoms with van der Waals surface area (Å²) in [4.78, 5) is 27.1. The number of amides is 1. The Kier molecular flexibility index (Phi) is 4.25. The van der Waals surface area contributed by atoms with Crippen LogP contribution in [0.2, 0.25) is 0 Å². The third-order valence-corrected chi connectivity index (χ3v) is 2.73. The van der Waals surface area contributed by atoms with Gasteiger partial charge in [-0.05, 0) is 13.0 Å². The molecule has 0 aromatic carbocycles. The Labute approximate surface area is 105 Å². The van der Waals surface area contributed by atoms with Gasteiger partial charge in [-0.2, -0.15) is 0 Å². The van der Waals surface area contributed by atoms with E-state index in [0.717, 1.165) is 0 Å². The topological polar surface area (TPSA) is 88.5 Å². The van der Waals surface area contributed by atoms with Crippen molar-refractivity contribution >= 4 is 11.9 Å². The number of carboxylic acid groups (broad SMARTS) is 1. The van der Waals surface area contributed by atoms with Crippen LogP contribution in [0.4, 0.5) is 0 Å². The molecule has 1 heterocycles. The van der Waals surface area contributed by atoms with Crippen molar-refractivity contribution in [3.05, 3.63) is 23.9 Å². The lowest BCUT2D eigenvalue weighted by Crippen LogP contribution is -2.44. The summed E-state index contributed by atoms with van der Waals surface area (Å²) in [5.74, 6) is -1.36. The number of carbonyl (C=O) groups is 2. The minimum Gasteiger partial charge on any atom is -0.481 e. The molecule has 0 aliphatic heterocycles. The zero-order valence-corrected chi connectivity index (χ0v) is 10.6. The first-order valence-electron chi connectivity index (χ1n) is 5.39. The molecular formula is C12H16N2O4.